The molecule has 0 aliphatic carbocycles. The summed E-state index contributed by atoms with van der Waals surface area (Å²) in [6.07, 6.45) is 2.05. The minimum atomic E-state index is -4.61. The van der Waals surface area contributed by atoms with Gasteiger partial charge >= 0.3 is 12.2 Å². The Kier molecular flexibility index (Phi) is 7.35. The number of thiazole rings is 1. The van der Waals surface area contributed by atoms with E-state index >= 15 is 0 Å². The van der Waals surface area contributed by atoms with E-state index in [0.29, 0.717) is 46.2 Å². The zero-order chi connectivity index (χ0) is 28.4. The lowest BCUT2D eigenvalue weighted by Gasteiger charge is -2.15. The number of hydrogen-bond acceptors (Lipinski definition) is 6. The van der Waals surface area contributed by atoms with Crippen molar-refractivity contribution in [2.24, 2.45) is 0 Å². The van der Waals surface area contributed by atoms with Crippen molar-refractivity contribution in [3.8, 4) is 21.7 Å². The van der Waals surface area contributed by atoms with Crippen LogP contribution >= 0.6 is 11.3 Å². The molecule has 5 aromatic rings. The van der Waals surface area contributed by atoms with Crippen LogP contribution in [0.5, 0.6) is 0 Å². The summed E-state index contributed by atoms with van der Waals surface area (Å²) in [4.78, 5) is 37.4. The van der Waals surface area contributed by atoms with Crippen LogP contribution in [0.1, 0.15) is 23.7 Å². The van der Waals surface area contributed by atoms with Crippen LogP contribution in [0.3, 0.4) is 0 Å². The zero-order valence-electron chi connectivity index (χ0n) is 21.4. The monoisotopic (exact) mass is 564 g/mol. The highest BCUT2D eigenvalue weighted by atomic mass is 32.1. The molecule has 2 amide bonds. The van der Waals surface area contributed by atoms with Gasteiger partial charge in [-0.15, -0.1) is 11.3 Å². The Morgan fingerprint density at radius 3 is 2.58 bits per heavy atom. The molecular formula is C28H23F3N6O2S. The van der Waals surface area contributed by atoms with Crippen LogP contribution in [0, 0.1) is 6.92 Å². The first-order valence-electron chi connectivity index (χ1n) is 12.2. The van der Waals surface area contributed by atoms with Crippen LogP contribution in [-0.4, -0.2) is 32.1 Å². The number of pyridine rings is 3. The van der Waals surface area contributed by atoms with Gasteiger partial charge in [0.05, 0.1) is 5.52 Å². The van der Waals surface area contributed by atoms with Crippen molar-refractivity contribution in [3.63, 3.8) is 0 Å². The molecule has 0 bridgehead atoms. The Hall–Kier alpha value is -4.58. The average molecular weight is 565 g/mol. The van der Waals surface area contributed by atoms with Crippen molar-refractivity contribution < 1.29 is 18.0 Å². The summed E-state index contributed by atoms with van der Waals surface area (Å²) >= 11 is 0.831. The second-order valence-corrected chi connectivity index (χ2v) is 9.85. The van der Waals surface area contributed by atoms with E-state index in [9.17, 15) is 22.8 Å². The summed E-state index contributed by atoms with van der Waals surface area (Å²) in [7, 11) is 0. The molecule has 12 heteroatoms. The van der Waals surface area contributed by atoms with E-state index in [0.717, 1.165) is 22.3 Å². The summed E-state index contributed by atoms with van der Waals surface area (Å²) in [5, 5.41) is 6.66. The highest BCUT2D eigenvalue weighted by molar-refractivity contribution is 7.13. The van der Waals surface area contributed by atoms with E-state index in [2.05, 4.69) is 25.6 Å². The van der Waals surface area contributed by atoms with Gasteiger partial charge in [0.15, 0.2) is 11.1 Å². The number of halogens is 3. The van der Waals surface area contributed by atoms with Crippen LogP contribution < -0.4 is 16.1 Å². The van der Waals surface area contributed by atoms with E-state index in [1.165, 1.54) is 12.3 Å². The van der Waals surface area contributed by atoms with Crippen LogP contribution in [0.15, 0.2) is 71.4 Å². The number of aromatic nitrogens is 4. The topological polar surface area (TPSA) is 102 Å². The van der Waals surface area contributed by atoms with E-state index in [-0.39, 0.29) is 16.3 Å². The number of hydrogen-bond donors (Lipinski definition) is 2. The summed E-state index contributed by atoms with van der Waals surface area (Å²) in [6.45, 7) is 4.39. The molecule has 0 aliphatic heterocycles. The molecule has 5 rings (SSSR count). The molecule has 8 nitrogen and oxygen atoms in total. The van der Waals surface area contributed by atoms with Crippen LogP contribution in [0.25, 0.3) is 32.6 Å². The number of anilines is 1. The van der Waals surface area contributed by atoms with E-state index in [1.54, 1.807) is 50.6 Å². The van der Waals surface area contributed by atoms with Gasteiger partial charge in [-0.2, -0.15) is 13.2 Å². The van der Waals surface area contributed by atoms with Crippen molar-refractivity contribution in [3.05, 3.63) is 93.6 Å². The Labute approximate surface area is 230 Å². The zero-order valence-corrected chi connectivity index (χ0v) is 22.2. The Balaban J connectivity index is 1.64. The third kappa shape index (κ3) is 5.57. The van der Waals surface area contributed by atoms with E-state index in [4.69, 9.17) is 0 Å². The molecule has 2 N–H and O–H groups in total. The van der Waals surface area contributed by atoms with Crippen molar-refractivity contribution in [2.45, 2.75) is 26.6 Å². The third-order valence-electron chi connectivity index (χ3n) is 6.18. The number of nitrogens with zero attached hydrogens (tertiary/aromatic N) is 4. The molecule has 0 saturated carbocycles. The molecule has 0 spiro atoms. The Morgan fingerprint density at radius 2 is 1.88 bits per heavy atom. The molecule has 0 saturated heterocycles. The van der Waals surface area contributed by atoms with Crippen molar-refractivity contribution >= 4 is 34.1 Å². The van der Waals surface area contributed by atoms with E-state index < -0.39 is 17.9 Å². The van der Waals surface area contributed by atoms with Crippen LogP contribution in [0.2, 0.25) is 0 Å². The third-order valence-corrected chi connectivity index (χ3v) is 7.06. The molecule has 4 aromatic heterocycles. The fourth-order valence-corrected chi connectivity index (χ4v) is 5.16. The minimum Gasteiger partial charge on any atom is -0.343 e. The Morgan fingerprint density at radius 1 is 1.10 bits per heavy atom. The normalized spacial score (nSPS) is 11.5. The second-order valence-electron chi connectivity index (χ2n) is 8.99. The molecule has 1 aromatic carbocycles. The second kappa shape index (κ2) is 10.9. The van der Waals surface area contributed by atoms with Gasteiger partial charge in [0.1, 0.15) is 10.8 Å². The number of urea groups is 1. The van der Waals surface area contributed by atoms with Gasteiger partial charge in [0.2, 0.25) is 0 Å². The van der Waals surface area contributed by atoms with Gasteiger partial charge in [0, 0.05) is 65.3 Å². The molecule has 0 fully saturated rings. The molecule has 0 aliphatic rings. The largest absolute Gasteiger partial charge is 0.434 e. The fraction of sp³-hybridized carbons (Fsp3) is 0.179. The van der Waals surface area contributed by atoms with Crippen molar-refractivity contribution in [2.75, 3.05) is 11.9 Å². The Bertz CT molecular complexity index is 1770. The quantitative estimate of drug-likeness (QED) is 0.260. The van der Waals surface area contributed by atoms with Gasteiger partial charge < -0.3 is 9.88 Å². The first-order valence-corrected chi connectivity index (χ1v) is 13.1. The van der Waals surface area contributed by atoms with Gasteiger partial charge in [-0.3, -0.25) is 15.1 Å². The summed E-state index contributed by atoms with van der Waals surface area (Å²) in [5.74, 6) is 0.143. The fourth-order valence-electron chi connectivity index (χ4n) is 4.31. The number of carbonyl (C=O) groups excluding carboxylic acids is 1. The lowest BCUT2D eigenvalue weighted by Crippen LogP contribution is -2.28. The summed E-state index contributed by atoms with van der Waals surface area (Å²) in [5.41, 5.74) is 2.47. The summed E-state index contributed by atoms with van der Waals surface area (Å²) in [6, 6.07) is 10.1. The number of nitrogens with one attached hydrogen (secondary N) is 2. The molecule has 40 heavy (non-hydrogen) atoms. The molecular weight excluding hydrogens is 541 g/mol. The van der Waals surface area contributed by atoms with Crippen LogP contribution in [-0.2, 0) is 12.7 Å². The lowest BCUT2D eigenvalue weighted by atomic mass is 9.99. The van der Waals surface area contributed by atoms with Crippen LogP contribution in [0.4, 0.5) is 23.8 Å². The predicted octanol–water partition coefficient (Wildman–Crippen LogP) is 6.10. The molecule has 204 valence electrons. The maximum absolute atomic E-state index is 13.4. The number of amides is 2. The smallest absolute Gasteiger partial charge is 0.343 e. The highest BCUT2D eigenvalue weighted by Crippen LogP contribution is 2.39. The van der Waals surface area contributed by atoms with Gasteiger partial charge in [-0.05, 0) is 55.3 Å². The first kappa shape index (κ1) is 27.0. The van der Waals surface area contributed by atoms with E-state index in [1.807, 2.05) is 16.7 Å². The number of alkyl halides is 3. The predicted molar refractivity (Wildman–Crippen MR) is 148 cm³/mol. The molecule has 4 heterocycles. The number of aryl methyl sites for hydroxylation is 1. The highest BCUT2D eigenvalue weighted by Gasteiger charge is 2.34. The van der Waals surface area contributed by atoms with Gasteiger partial charge in [-0.1, -0.05) is 6.07 Å². The molecule has 0 atom stereocenters. The number of fused-ring (bicyclic) bond motifs is 1. The average Bonchev–Trinajstić information content (AvgIpc) is 3.43. The van der Waals surface area contributed by atoms with Crippen molar-refractivity contribution in [1.29, 1.82) is 0 Å². The SMILES string of the molecule is CCNC(=O)Nc1cc(-c2nc(C(F)(F)F)cs2)c(-c2ccc3c(c2)c(=O)c(C)cn3Cc2ccncc2)cn1. The standard InChI is InChI=1S/C28H23F3N6O2S/c1-3-33-27(39)36-24-11-19(26-35-23(15-40-26)28(29,30)31)21(12-34-24)18-4-5-22-20(10-18)25(38)16(2)13-37(22)14-17-6-8-32-9-7-17/h4-13,15H,3,14H2,1-2H3,(H2,33,34,36,39). The molecule has 0 radical (unpaired) electrons. The maximum Gasteiger partial charge on any atom is 0.434 e. The minimum absolute atomic E-state index is 0.100. The van der Waals surface area contributed by atoms with Gasteiger partial charge in [0.25, 0.3) is 0 Å². The lowest BCUT2D eigenvalue weighted by molar-refractivity contribution is -0.140. The number of benzene rings is 1. The first-order chi connectivity index (χ1) is 19.1. The van der Waals surface area contributed by atoms with Crippen molar-refractivity contribution in [1.82, 2.24) is 24.8 Å². The maximum atomic E-state index is 13.4. The summed E-state index contributed by atoms with van der Waals surface area (Å²) < 4.78 is 42.0. The number of rotatable bonds is 6. The molecule has 0 unspecified atom stereocenters. The van der Waals surface area contributed by atoms with Gasteiger partial charge in [-0.25, -0.2) is 14.8 Å². The number of carbonyl (C=O) groups is 1.